The van der Waals surface area contributed by atoms with Gasteiger partial charge in [0.15, 0.2) is 0 Å². The summed E-state index contributed by atoms with van der Waals surface area (Å²) in [6.45, 7) is 2.92. The number of furan rings is 1. The van der Waals surface area contributed by atoms with Gasteiger partial charge in [0.2, 0.25) is 5.91 Å². The Morgan fingerprint density at radius 1 is 1.07 bits per heavy atom. The van der Waals surface area contributed by atoms with Gasteiger partial charge in [-0.2, -0.15) is 0 Å². The summed E-state index contributed by atoms with van der Waals surface area (Å²) in [5.74, 6) is 0.317. The highest BCUT2D eigenvalue weighted by molar-refractivity contribution is 5.95. The van der Waals surface area contributed by atoms with Crippen LogP contribution in [-0.4, -0.2) is 28.2 Å². The Hall–Kier alpha value is -3.41. The summed E-state index contributed by atoms with van der Waals surface area (Å²) in [6.07, 6.45) is 5.13. The van der Waals surface area contributed by atoms with Crippen LogP contribution in [0.3, 0.4) is 0 Å². The Labute approximate surface area is 164 Å². The summed E-state index contributed by atoms with van der Waals surface area (Å²) < 4.78 is 5.27. The average molecular weight is 377 g/mol. The van der Waals surface area contributed by atoms with Crippen molar-refractivity contribution in [1.82, 2.24) is 15.2 Å². The standard InChI is InChI=1S/C22H23N3O3/c1-17-20(10-13-28-17)22(27)25(16-18-6-3-2-4-7-18)12-9-21(26)24-15-19-8-5-11-23-14-19/h2-8,10-11,13-14H,9,12,15-16H2,1H3,(H,24,26). The predicted molar refractivity (Wildman–Crippen MR) is 105 cm³/mol. The van der Waals surface area contributed by atoms with Crippen molar-refractivity contribution in [3.05, 3.63) is 89.6 Å². The number of nitrogens with zero attached hydrogens (tertiary/aromatic N) is 2. The number of pyridine rings is 1. The maximum Gasteiger partial charge on any atom is 0.257 e. The molecule has 0 unspecified atom stereocenters. The lowest BCUT2D eigenvalue weighted by Crippen LogP contribution is -2.35. The predicted octanol–water partition coefficient (Wildman–Crippen LogP) is 3.33. The van der Waals surface area contributed by atoms with Crippen molar-refractivity contribution in [2.45, 2.75) is 26.4 Å². The quantitative estimate of drug-likeness (QED) is 0.653. The van der Waals surface area contributed by atoms with Gasteiger partial charge in [-0.15, -0.1) is 0 Å². The molecule has 28 heavy (non-hydrogen) atoms. The topological polar surface area (TPSA) is 75.4 Å². The third-order valence-corrected chi connectivity index (χ3v) is 4.41. The van der Waals surface area contributed by atoms with Crippen LogP contribution in [0.4, 0.5) is 0 Å². The molecule has 0 bridgehead atoms. The Morgan fingerprint density at radius 2 is 1.86 bits per heavy atom. The highest BCUT2D eigenvalue weighted by Crippen LogP contribution is 2.15. The molecule has 0 saturated heterocycles. The van der Waals surface area contributed by atoms with Crippen LogP contribution < -0.4 is 5.32 Å². The van der Waals surface area contributed by atoms with E-state index >= 15 is 0 Å². The smallest absolute Gasteiger partial charge is 0.257 e. The molecule has 2 aromatic heterocycles. The van der Waals surface area contributed by atoms with E-state index in [1.807, 2.05) is 42.5 Å². The van der Waals surface area contributed by atoms with Crippen LogP contribution in [-0.2, 0) is 17.9 Å². The third kappa shape index (κ3) is 5.30. The first-order valence-electron chi connectivity index (χ1n) is 9.16. The summed E-state index contributed by atoms with van der Waals surface area (Å²) in [5.41, 5.74) is 2.46. The van der Waals surface area contributed by atoms with E-state index in [2.05, 4.69) is 10.3 Å². The molecule has 2 amide bonds. The second-order valence-corrected chi connectivity index (χ2v) is 6.49. The Morgan fingerprint density at radius 3 is 2.54 bits per heavy atom. The highest BCUT2D eigenvalue weighted by atomic mass is 16.3. The van der Waals surface area contributed by atoms with Crippen LogP contribution in [0.25, 0.3) is 0 Å². The average Bonchev–Trinajstić information content (AvgIpc) is 3.16. The fourth-order valence-electron chi connectivity index (χ4n) is 2.86. The fourth-order valence-corrected chi connectivity index (χ4v) is 2.86. The van der Waals surface area contributed by atoms with Crippen LogP contribution in [0.15, 0.2) is 71.6 Å². The number of carbonyl (C=O) groups excluding carboxylic acids is 2. The van der Waals surface area contributed by atoms with Crippen molar-refractivity contribution >= 4 is 11.8 Å². The van der Waals surface area contributed by atoms with E-state index in [9.17, 15) is 9.59 Å². The summed E-state index contributed by atoms with van der Waals surface area (Å²) in [4.78, 5) is 30.9. The molecule has 0 atom stereocenters. The van der Waals surface area contributed by atoms with Gasteiger partial charge in [-0.3, -0.25) is 14.6 Å². The molecule has 0 aliphatic rings. The lowest BCUT2D eigenvalue weighted by Gasteiger charge is -2.22. The highest BCUT2D eigenvalue weighted by Gasteiger charge is 2.20. The Bertz CT molecular complexity index is 907. The lowest BCUT2D eigenvalue weighted by atomic mass is 10.1. The summed E-state index contributed by atoms with van der Waals surface area (Å²) >= 11 is 0. The number of amides is 2. The van der Waals surface area contributed by atoms with E-state index < -0.39 is 0 Å². The van der Waals surface area contributed by atoms with Crippen LogP contribution in [0.5, 0.6) is 0 Å². The van der Waals surface area contributed by atoms with Gasteiger partial charge in [0.05, 0.1) is 11.8 Å². The van der Waals surface area contributed by atoms with Crippen molar-refractivity contribution in [2.75, 3.05) is 6.54 Å². The molecule has 0 aliphatic carbocycles. The maximum absolute atomic E-state index is 12.9. The third-order valence-electron chi connectivity index (χ3n) is 4.41. The molecule has 0 aliphatic heterocycles. The van der Waals surface area contributed by atoms with Gasteiger partial charge in [0.25, 0.3) is 5.91 Å². The van der Waals surface area contributed by atoms with Crippen molar-refractivity contribution in [1.29, 1.82) is 0 Å². The van der Waals surface area contributed by atoms with E-state index in [0.717, 1.165) is 11.1 Å². The second kappa shape index (κ2) is 9.50. The molecule has 0 fully saturated rings. The Balaban J connectivity index is 1.62. The molecule has 6 nitrogen and oxygen atoms in total. The minimum Gasteiger partial charge on any atom is -0.469 e. The Kier molecular flexibility index (Phi) is 6.57. The zero-order valence-electron chi connectivity index (χ0n) is 15.8. The molecular formula is C22H23N3O3. The largest absolute Gasteiger partial charge is 0.469 e. The normalized spacial score (nSPS) is 10.5. The molecule has 0 spiro atoms. The molecule has 144 valence electrons. The number of aromatic nitrogens is 1. The van der Waals surface area contributed by atoms with Crippen molar-refractivity contribution in [3.63, 3.8) is 0 Å². The number of rotatable bonds is 8. The number of nitrogens with one attached hydrogen (secondary N) is 1. The van der Waals surface area contributed by atoms with Gasteiger partial charge in [0, 0.05) is 38.4 Å². The summed E-state index contributed by atoms with van der Waals surface area (Å²) in [5, 5.41) is 2.87. The number of hydrogen-bond donors (Lipinski definition) is 1. The number of carbonyl (C=O) groups is 2. The lowest BCUT2D eigenvalue weighted by molar-refractivity contribution is -0.121. The van der Waals surface area contributed by atoms with Crippen molar-refractivity contribution < 1.29 is 14.0 Å². The van der Waals surface area contributed by atoms with Crippen LogP contribution in [0, 0.1) is 6.92 Å². The van der Waals surface area contributed by atoms with E-state index in [-0.39, 0.29) is 18.2 Å². The van der Waals surface area contributed by atoms with Crippen LogP contribution in [0.2, 0.25) is 0 Å². The van der Waals surface area contributed by atoms with Gasteiger partial charge in [-0.1, -0.05) is 36.4 Å². The molecule has 1 N–H and O–H groups in total. The minimum absolute atomic E-state index is 0.112. The van der Waals surface area contributed by atoms with Crippen LogP contribution in [0.1, 0.15) is 33.7 Å². The molecule has 2 heterocycles. The summed E-state index contributed by atoms with van der Waals surface area (Å²) in [7, 11) is 0. The maximum atomic E-state index is 12.9. The summed E-state index contributed by atoms with van der Waals surface area (Å²) in [6, 6.07) is 15.1. The molecule has 3 aromatic rings. The molecule has 0 saturated carbocycles. The van der Waals surface area contributed by atoms with Gasteiger partial charge >= 0.3 is 0 Å². The number of hydrogen-bond acceptors (Lipinski definition) is 4. The van der Waals surface area contributed by atoms with Crippen LogP contribution >= 0.6 is 0 Å². The second-order valence-electron chi connectivity index (χ2n) is 6.49. The first-order valence-corrected chi connectivity index (χ1v) is 9.16. The zero-order chi connectivity index (χ0) is 19.8. The monoisotopic (exact) mass is 377 g/mol. The number of benzene rings is 1. The molecule has 6 heteroatoms. The SMILES string of the molecule is Cc1occc1C(=O)N(CCC(=O)NCc1cccnc1)Cc1ccccc1. The van der Waals surface area contributed by atoms with E-state index in [1.165, 1.54) is 6.26 Å². The van der Waals surface area contributed by atoms with Gasteiger partial charge in [0.1, 0.15) is 5.76 Å². The van der Waals surface area contributed by atoms with Crippen molar-refractivity contribution in [2.24, 2.45) is 0 Å². The van der Waals surface area contributed by atoms with Gasteiger partial charge in [-0.25, -0.2) is 0 Å². The van der Waals surface area contributed by atoms with E-state index in [4.69, 9.17) is 4.42 Å². The zero-order valence-corrected chi connectivity index (χ0v) is 15.8. The van der Waals surface area contributed by atoms with Crippen molar-refractivity contribution in [3.8, 4) is 0 Å². The first-order chi connectivity index (χ1) is 13.6. The molecule has 1 aromatic carbocycles. The minimum atomic E-state index is -0.143. The molecule has 0 radical (unpaired) electrons. The van der Waals surface area contributed by atoms with Gasteiger partial charge < -0.3 is 14.6 Å². The van der Waals surface area contributed by atoms with E-state index in [1.54, 1.807) is 30.3 Å². The molecule has 3 rings (SSSR count). The first kappa shape index (κ1) is 19.4. The molecular weight excluding hydrogens is 354 g/mol. The van der Waals surface area contributed by atoms with E-state index in [0.29, 0.717) is 31.0 Å². The van der Waals surface area contributed by atoms with Gasteiger partial charge in [-0.05, 0) is 30.2 Å². The fraction of sp³-hybridized carbons (Fsp3) is 0.227. The number of aryl methyl sites for hydroxylation is 1.